The minimum atomic E-state index is 1.04. The van der Waals surface area contributed by atoms with Gasteiger partial charge in [0.25, 0.3) is 0 Å². The summed E-state index contributed by atoms with van der Waals surface area (Å²) in [5.41, 5.74) is 3.44. The van der Waals surface area contributed by atoms with E-state index in [1.807, 2.05) is 18.2 Å². The highest BCUT2D eigenvalue weighted by molar-refractivity contribution is 5.58. The van der Waals surface area contributed by atoms with Crippen molar-refractivity contribution in [1.29, 1.82) is 0 Å². The van der Waals surface area contributed by atoms with Crippen molar-refractivity contribution in [1.82, 2.24) is 15.1 Å². The largest absolute Gasteiger partial charge is 0.309 e. The zero-order valence-corrected chi connectivity index (χ0v) is 11.2. The van der Waals surface area contributed by atoms with Crippen molar-refractivity contribution in [2.24, 2.45) is 0 Å². The Labute approximate surface area is 109 Å². The summed E-state index contributed by atoms with van der Waals surface area (Å²) in [5, 5.41) is 7.49. The first-order valence-electron chi connectivity index (χ1n) is 6.50. The van der Waals surface area contributed by atoms with E-state index in [9.17, 15) is 0 Å². The van der Waals surface area contributed by atoms with Crippen molar-refractivity contribution in [3.05, 3.63) is 42.1 Å². The van der Waals surface area contributed by atoms with Crippen LogP contribution in [-0.2, 0) is 6.42 Å². The lowest BCUT2D eigenvalue weighted by molar-refractivity contribution is 0.394. The lowest BCUT2D eigenvalue weighted by atomic mass is 10.1. The van der Waals surface area contributed by atoms with Crippen molar-refractivity contribution in [3.63, 3.8) is 0 Å². The van der Waals surface area contributed by atoms with Crippen molar-refractivity contribution in [2.75, 3.05) is 20.6 Å². The van der Waals surface area contributed by atoms with Gasteiger partial charge in [0.15, 0.2) is 0 Å². The fourth-order valence-electron chi connectivity index (χ4n) is 1.99. The van der Waals surface area contributed by atoms with Crippen molar-refractivity contribution >= 4 is 0 Å². The fourth-order valence-corrected chi connectivity index (χ4v) is 1.99. The molecule has 3 heteroatoms. The molecule has 0 amide bonds. The SMILES string of the molecule is CN(C)CCCCc1cc(-c2ccccc2)n[nH]1. The zero-order chi connectivity index (χ0) is 12.8. The topological polar surface area (TPSA) is 31.9 Å². The van der Waals surface area contributed by atoms with Gasteiger partial charge in [-0.25, -0.2) is 0 Å². The molecule has 2 aromatic rings. The van der Waals surface area contributed by atoms with Crippen LogP contribution in [0.3, 0.4) is 0 Å². The van der Waals surface area contributed by atoms with Crippen LogP contribution in [0.2, 0.25) is 0 Å². The third kappa shape index (κ3) is 3.70. The maximum Gasteiger partial charge on any atom is 0.0923 e. The molecule has 0 bridgehead atoms. The number of hydrogen-bond acceptors (Lipinski definition) is 2. The van der Waals surface area contributed by atoms with E-state index >= 15 is 0 Å². The first-order valence-corrected chi connectivity index (χ1v) is 6.50. The van der Waals surface area contributed by atoms with E-state index in [2.05, 4.69) is 47.4 Å². The molecule has 0 fully saturated rings. The fraction of sp³-hybridized carbons (Fsp3) is 0.400. The average Bonchev–Trinajstić information content (AvgIpc) is 2.84. The summed E-state index contributed by atoms with van der Waals surface area (Å²) in [5.74, 6) is 0. The molecule has 0 atom stereocenters. The second-order valence-electron chi connectivity index (χ2n) is 4.90. The molecule has 18 heavy (non-hydrogen) atoms. The molecule has 0 aliphatic rings. The Morgan fingerprint density at radius 1 is 1.11 bits per heavy atom. The molecule has 0 aliphatic heterocycles. The molecule has 96 valence electrons. The quantitative estimate of drug-likeness (QED) is 0.791. The summed E-state index contributed by atoms with van der Waals surface area (Å²) in [6, 6.07) is 12.4. The van der Waals surface area contributed by atoms with Crippen molar-refractivity contribution in [2.45, 2.75) is 19.3 Å². The number of unbranched alkanes of at least 4 members (excludes halogenated alkanes) is 1. The van der Waals surface area contributed by atoms with Gasteiger partial charge >= 0.3 is 0 Å². The molecule has 0 spiro atoms. The first kappa shape index (κ1) is 12.8. The van der Waals surface area contributed by atoms with Crippen molar-refractivity contribution in [3.8, 4) is 11.3 Å². The molecule has 0 radical (unpaired) electrons. The van der Waals surface area contributed by atoms with E-state index < -0.39 is 0 Å². The molecular weight excluding hydrogens is 222 g/mol. The van der Waals surface area contributed by atoms with Gasteiger partial charge in [0.2, 0.25) is 0 Å². The van der Waals surface area contributed by atoms with Crippen LogP contribution in [-0.4, -0.2) is 35.7 Å². The van der Waals surface area contributed by atoms with Gasteiger partial charge in [-0.2, -0.15) is 5.10 Å². The lowest BCUT2D eigenvalue weighted by Crippen LogP contribution is -2.12. The van der Waals surface area contributed by atoms with E-state index in [0.29, 0.717) is 0 Å². The van der Waals surface area contributed by atoms with Crippen LogP contribution in [0.1, 0.15) is 18.5 Å². The zero-order valence-electron chi connectivity index (χ0n) is 11.2. The summed E-state index contributed by atoms with van der Waals surface area (Å²) in [4.78, 5) is 2.22. The number of benzene rings is 1. The molecule has 2 rings (SSSR count). The highest BCUT2D eigenvalue weighted by atomic mass is 15.1. The van der Waals surface area contributed by atoms with Gasteiger partial charge in [0.1, 0.15) is 0 Å². The van der Waals surface area contributed by atoms with Gasteiger partial charge in [0, 0.05) is 11.3 Å². The number of aryl methyl sites for hydroxylation is 1. The Bertz CT molecular complexity index is 460. The Morgan fingerprint density at radius 2 is 1.89 bits per heavy atom. The van der Waals surface area contributed by atoms with Crippen LogP contribution in [0, 0.1) is 0 Å². The van der Waals surface area contributed by atoms with E-state index in [-0.39, 0.29) is 0 Å². The highest BCUT2D eigenvalue weighted by Gasteiger charge is 2.03. The van der Waals surface area contributed by atoms with Crippen LogP contribution in [0.4, 0.5) is 0 Å². The second kappa shape index (κ2) is 6.36. The Kier molecular flexibility index (Phi) is 4.53. The number of nitrogens with zero attached hydrogens (tertiary/aromatic N) is 2. The molecule has 0 unspecified atom stereocenters. The number of aromatic nitrogens is 2. The molecular formula is C15H21N3. The maximum absolute atomic E-state index is 4.36. The number of hydrogen-bond donors (Lipinski definition) is 1. The van der Waals surface area contributed by atoms with Crippen LogP contribution in [0.15, 0.2) is 36.4 Å². The molecule has 1 heterocycles. The number of H-pyrrole nitrogens is 1. The van der Waals surface area contributed by atoms with Crippen LogP contribution >= 0.6 is 0 Å². The van der Waals surface area contributed by atoms with E-state index in [1.54, 1.807) is 0 Å². The second-order valence-corrected chi connectivity index (χ2v) is 4.90. The summed E-state index contributed by atoms with van der Waals surface area (Å²) in [7, 11) is 4.23. The predicted octanol–water partition coefficient (Wildman–Crippen LogP) is 2.96. The summed E-state index contributed by atoms with van der Waals surface area (Å²) in [6.07, 6.45) is 3.51. The van der Waals surface area contributed by atoms with Gasteiger partial charge in [0.05, 0.1) is 5.69 Å². The molecule has 0 saturated heterocycles. The molecule has 1 N–H and O–H groups in total. The van der Waals surface area contributed by atoms with Crippen LogP contribution < -0.4 is 0 Å². The normalized spacial score (nSPS) is 11.1. The Morgan fingerprint density at radius 3 is 2.61 bits per heavy atom. The molecule has 1 aromatic heterocycles. The lowest BCUT2D eigenvalue weighted by Gasteiger charge is -2.07. The highest BCUT2D eigenvalue weighted by Crippen LogP contribution is 2.17. The van der Waals surface area contributed by atoms with Crippen LogP contribution in [0.25, 0.3) is 11.3 Å². The summed E-state index contributed by atoms with van der Waals surface area (Å²) >= 11 is 0. The average molecular weight is 243 g/mol. The third-order valence-electron chi connectivity index (χ3n) is 3.00. The van der Waals surface area contributed by atoms with E-state index in [0.717, 1.165) is 18.7 Å². The van der Waals surface area contributed by atoms with Gasteiger partial charge in [-0.1, -0.05) is 30.3 Å². The standard InChI is InChI=1S/C15H21N3/c1-18(2)11-7-6-10-14-12-15(17-16-14)13-8-4-3-5-9-13/h3-5,8-9,12H,6-7,10-11H2,1-2H3,(H,16,17). The number of aromatic amines is 1. The van der Waals surface area contributed by atoms with Gasteiger partial charge in [-0.05, 0) is 46.0 Å². The van der Waals surface area contributed by atoms with E-state index in [4.69, 9.17) is 0 Å². The molecule has 1 aromatic carbocycles. The van der Waals surface area contributed by atoms with Gasteiger partial charge in [-0.3, -0.25) is 5.10 Å². The number of rotatable bonds is 6. The molecule has 3 nitrogen and oxygen atoms in total. The minimum Gasteiger partial charge on any atom is -0.309 e. The van der Waals surface area contributed by atoms with Crippen LogP contribution in [0.5, 0.6) is 0 Å². The van der Waals surface area contributed by atoms with Gasteiger partial charge < -0.3 is 4.90 Å². The first-order chi connectivity index (χ1) is 8.75. The molecule has 0 saturated carbocycles. The maximum atomic E-state index is 4.36. The van der Waals surface area contributed by atoms with Gasteiger partial charge in [-0.15, -0.1) is 0 Å². The molecule has 0 aliphatic carbocycles. The van der Waals surface area contributed by atoms with E-state index in [1.165, 1.54) is 24.1 Å². The van der Waals surface area contributed by atoms with Crippen molar-refractivity contribution < 1.29 is 0 Å². The Balaban J connectivity index is 1.87. The monoisotopic (exact) mass is 243 g/mol. The Hall–Kier alpha value is -1.61. The smallest absolute Gasteiger partial charge is 0.0923 e. The minimum absolute atomic E-state index is 1.04. The summed E-state index contributed by atoms with van der Waals surface area (Å²) < 4.78 is 0. The number of nitrogens with one attached hydrogen (secondary N) is 1. The predicted molar refractivity (Wildman–Crippen MR) is 75.5 cm³/mol. The summed E-state index contributed by atoms with van der Waals surface area (Å²) in [6.45, 7) is 1.15. The third-order valence-corrected chi connectivity index (χ3v) is 3.00.